The summed E-state index contributed by atoms with van der Waals surface area (Å²) in [6.07, 6.45) is 1.81. The van der Waals surface area contributed by atoms with E-state index in [1.807, 2.05) is 20.8 Å². The minimum Gasteiger partial charge on any atom is -0.459 e. The molecule has 0 aromatic carbocycles. The van der Waals surface area contributed by atoms with Crippen molar-refractivity contribution in [1.82, 2.24) is 5.32 Å². The normalized spacial score (nSPS) is 26.7. The minimum atomic E-state index is -0.405. The molecule has 4 heteroatoms. The van der Waals surface area contributed by atoms with E-state index >= 15 is 0 Å². The van der Waals surface area contributed by atoms with Gasteiger partial charge in [-0.2, -0.15) is 0 Å². The third-order valence-corrected chi connectivity index (χ3v) is 2.30. The van der Waals surface area contributed by atoms with Gasteiger partial charge < -0.3 is 9.47 Å². The summed E-state index contributed by atoms with van der Waals surface area (Å²) in [5.74, 6) is -0.152. The molecule has 4 nitrogen and oxygen atoms in total. The summed E-state index contributed by atoms with van der Waals surface area (Å²) in [5, 5.41) is 3.21. The topological polar surface area (TPSA) is 47.6 Å². The van der Waals surface area contributed by atoms with Crippen LogP contribution in [0.2, 0.25) is 0 Å². The Morgan fingerprint density at radius 3 is 2.60 bits per heavy atom. The molecule has 0 bridgehead atoms. The number of carbonyl (C=O) groups is 1. The fourth-order valence-electron chi connectivity index (χ4n) is 1.71. The van der Waals surface area contributed by atoms with Crippen LogP contribution in [0.1, 0.15) is 33.6 Å². The van der Waals surface area contributed by atoms with Crippen molar-refractivity contribution in [2.24, 2.45) is 0 Å². The Balaban J connectivity index is 2.37. The van der Waals surface area contributed by atoms with Gasteiger partial charge in [-0.05, 0) is 33.6 Å². The molecule has 0 amide bonds. The van der Waals surface area contributed by atoms with E-state index in [1.54, 1.807) is 7.11 Å². The molecule has 0 aliphatic carbocycles. The first-order chi connectivity index (χ1) is 6.92. The van der Waals surface area contributed by atoms with Crippen LogP contribution in [0.15, 0.2) is 0 Å². The summed E-state index contributed by atoms with van der Waals surface area (Å²) >= 11 is 0. The molecule has 1 aliphatic heterocycles. The van der Waals surface area contributed by atoms with E-state index in [-0.39, 0.29) is 18.1 Å². The molecule has 0 radical (unpaired) electrons. The van der Waals surface area contributed by atoms with Crippen LogP contribution in [0.4, 0.5) is 0 Å². The monoisotopic (exact) mass is 215 g/mol. The number of esters is 1. The molecule has 1 saturated heterocycles. The maximum Gasteiger partial charge on any atom is 0.323 e. The lowest BCUT2D eigenvalue weighted by Gasteiger charge is -2.22. The smallest absolute Gasteiger partial charge is 0.323 e. The quantitative estimate of drug-likeness (QED) is 0.716. The van der Waals surface area contributed by atoms with Gasteiger partial charge >= 0.3 is 5.97 Å². The molecule has 0 unspecified atom stereocenters. The van der Waals surface area contributed by atoms with Crippen LogP contribution in [0.25, 0.3) is 0 Å². The second kappa shape index (κ2) is 4.94. The number of nitrogens with one attached hydrogen (secondary N) is 1. The van der Waals surface area contributed by atoms with Gasteiger partial charge in [0.05, 0.1) is 6.61 Å². The zero-order valence-electron chi connectivity index (χ0n) is 10.0. The standard InChI is InChI=1S/C11H21NO3/c1-11(2,3)15-10(13)9-6-5-8(12-9)7-14-4/h8-9,12H,5-7H2,1-4H3/t8-,9+/m1/s1. The highest BCUT2D eigenvalue weighted by molar-refractivity contribution is 5.76. The number of rotatable bonds is 3. The third kappa shape index (κ3) is 4.18. The van der Waals surface area contributed by atoms with Gasteiger partial charge in [-0.25, -0.2) is 0 Å². The average molecular weight is 215 g/mol. The molecule has 2 atom stereocenters. The SMILES string of the molecule is COC[C@H]1CC[C@@H](C(=O)OC(C)(C)C)N1. The van der Waals surface area contributed by atoms with E-state index in [2.05, 4.69) is 5.32 Å². The van der Waals surface area contributed by atoms with Crippen molar-refractivity contribution >= 4 is 5.97 Å². The molecule has 0 aromatic heterocycles. The molecule has 1 aliphatic rings. The van der Waals surface area contributed by atoms with Crippen molar-refractivity contribution in [3.63, 3.8) is 0 Å². The van der Waals surface area contributed by atoms with Crippen molar-refractivity contribution < 1.29 is 14.3 Å². The predicted octanol–water partition coefficient (Wildman–Crippen LogP) is 1.10. The van der Waals surface area contributed by atoms with Crippen molar-refractivity contribution in [2.75, 3.05) is 13.7 Å². The number of ether oxygens (including phenoxy) is 2. The van der Waals surface area contributed by atoms with Crippen LogP contribution >= 0.6 is 0 Å². The summed E-state index contributed by atoms with van der Waals surface area (Å²) < 4.78 is 10.3. The molecule has 1 fully saturated rings. The van der Waals surface area contributed by atoms with Gasteiger partial charge in [0.15, 0.2) is 0 Å². The predicted molar refractivity (Wildman–Crippen MR) is 57.7 cm³/mol. The maximum atomic E-state index is 11.7. The average Bonchev–Trinajstić information content (AvgIpc) is 2.50. The zero-order valence-corrected chi connectivity index (χ0v) is 10.0. The molecule has 1 rings (SSSR count). The number of hydrogen-bond donors (Lipinski definition) is 1. The number of hydrogen-bond acceptors (Lipinski definition) is 4. The zero-order chi connectivity index (χ0) is 11.5. The van der Waals surface area contributed by atoms with Crippen molar-refractivity contribution in [1.29, 1.82) is 0 Å². The molecule has 0 saturated carbocycles. The lowest BCUT2D eigenvalue weighted by Crippen LogP contribution is -2.41. The van der Waals surface area contributed by atoms with Gasteiger partial charge in [0, 0.05) is 13.2 Å². The first-order valence-corrected chi connectivity index (χ1v) is 5.40. The van der Waals surface area contributed by atoms with Gasteiger partial charge in [-0.3, -0.25) is 10.1 Å². The summed E-state index contributed by atoms with van der Waals surface area (Å²) in [6, 6.07) is 0.122. The summed E-state index contributed by atoms with van der Waals surface area (Å²) in [6.45, 7) is 6.30. The van der Waals surface area contributed by atoms with Gasteiger partial charge in [0.2, 0.25) is 0 Å². The first kappa shape index (κ1) is 12.5. The van der Waals surface area contributed by atoms with Crippen LogP contribution < -0.4 is 5.32 Å². The van der Waals surface area contributed by atoms with Crippen molar-refractivity contribution in [3.8, 4) is 0 Å². The van der Waals surface area contributed by atoms with Gasteiger partial charge in [0.1, 0.15) is 11.6 Å². The third-order valence-electron chi connectivity index (χ3n) is 2.30. The highest BCUT2D eigenvalue weighted by Gasteiger charge is 2.32. The molecular weight excluding hydrogens is 194 g/mol. The lowest BCUT2D eigenvalue weighted by molar-refractivity contribution is -0.157. The van der Waals surface area contributed by atoms with Gasteiger partial charge in [0.25, 0.3) is 0 Å². The van der Waals surface area contributed by atoms with E-state index in [0.29, 0.717) is 6.61 Å². The van der Waals surface area contributed by atoms with E-state index in [4.69, 9.17) is 9.47 Å². The number of carbonyl (C=O) groups excluding carboxylic acids is 1. The molecular formula is C11H21NO3. The molecule has 88 valence electrons. The van der Waals surface area contributed by atoms with Crippen molar-refractivity contribution in [2.45, 2.75) is 51.3 Å². The fourth-order valence-corrected chi connectivity index (χ4v) is 1.71. The fraction of sp³-hybridized carbons (Fsp3) is 0.909. The van der Waals surface area contributed by atoms with Crippen LogP contribution in [0.5, 0.6) is 0 Å². The second-order valence-corrected chi connectivity index (χ2v) is 4.98. The van der Waals surface area contributed by atoms with Crippen LogP contribution in [-0.4, -0.2) is 37.4 Å². The maximum absolute atomic E-state index is 11.7. The van der Waals surface area contributed by atoms with E-state index in [9.17, 15) is 4.79 Å². The Morgan fingerprint density at radius 1 is 1.40 bits per heavy atom. The van der Waals surface area contributed by atoms with E-state index in [0.717, 1.165) is 12.8 Å². The van der Waals surface area contributed by atoms with Crippen LogP contribution in [0, 0.1) is 0 Å². The van der Waals surface area contributed by atoms with Crippen LogP contribution in [-0.2, 0) is 14.3 Å². The Bertz CT molecular complexity index is 222. The molecule has 1 heterocycles. The number of methoxy groups -OCH3 is 1. The molecule has 0 spiro atoms. The second-order valence-electron chi connectivity index (χ2n) is 4.98. The summed E-state index contributed by atoms with van der Waals surface area (Å²) in [4.78, 5) is 11.7. The Labute approximate surface area is 91.3 Å². The lowest BCUT2D eigenvalue weighted by atomic mass is 10.1. The van der Waals surface area contributed by atoms with Gasteiger partial charge in [-0.1, -0.05) is 0 Å². The molecule has 0 aromatic rings. The highest BCUT2D eigenvalue weighted by Crippen LogP contribution is 2.17. The van der Waals surface area contributed by atoms with E-state index in [1.165, 1.54) is 0 Å². The summed E-state index contributed by atoms with van der Waals surface area (Å²) in [5.41, 5.74) is -0.405. The highest BCUT2D eigenvalue weighted by atomic mass is 16.6. The van der Waals surface area contributed by atoms with E-state index < -0.39 is 5.60 Å². The Kier molecular flexibility index (Phi) is 4.11. The Morgan fingerprint density at radius 2 is 2.07 bits per heavy atom. The van der Waals surface area contributed by atoms with Gasteiger partial charge in [-0.15, -0.1) is 0 Å². The first-order valence-electron chi connectivity index (χ1n) is 5.40. The van der Waals surface area contributed by atoms with Crippen LogP contribution in [0.3, 0.4) is 0 Å². The Hall–Kier alpha value is -0.610. The minimum absolute atomic E-state index is 0.152. The molecule has 1 N–H and O–H groups in total. The summed E-state index contributed by atoms with van der Waals surface area (Å²) in [7, 11) is 1.67. The largest absolute Gasteiger partial charge is 0.459 e. The van der Waals surface area contributed by atoms with Crippen molar-refractivity contribution in [3.05, 3.63) is 0 Å². The molecule has 15 heavy (non-hydrogen) atoms.